The van der Waals surface area contributed by atoms with Gasteiger partial charge in [0.1, 0.15) is 17.9 Å². The molecule has 1 aromatic carbocycles. The second-order valence-corrected chi connectivity index (χ2v) is 8.15. The number of nitrogens with one attached hydrogen (secondary N) is 1. The van der Waals surface area contributed by atoms with Gasteiger partial charge >= 0.3 is 0 Å². The van der Waals surface area contributed by atoms with Crippen molar-refractivity contribution < 1.29 is 13.2 Å². The zero-order chi connectivity index (χ0) is 17.5. The van der Waals surface area contributed by atoms with Gasteiger partial charge in [-0.15, -0.1) is 0 Å². The Balaban J connectivity index is 1.50. The molecule has 1 aromatic heterocycles. The van der Waals surface area contributed by atoms with E-state index >= 15 is 0 Å². The van der Waals surface area contributed by atoms with Crippen LogP contribution in [0.25, 0.3) is 10.9 Å². The average Bonchev–Trinajstić information content (AvgIpc) is 2.65. The third-order valence-electron chi connectivity index (χ3n) is 4.37. The van der Waals surface area contributed by atoms with Crippen molar-refractivity contribution in [1.82, 2.24) is 9.71 Å². The molecule has 0 aliphatic heterocycles. The lowest BCUT2D eigenvalue weighted by Crippen LogP contribution is -2.35. The Morgan fingerprint density at radius 1 is 1.12 bits per heavy atom. The first-order valence-electron chi connectivity index (χ1n) is 8.57. The molecule has 1 saturated carbocycles. The Bertz CT molecular complexity index is 873. The van der Waals surface area contributed by atoms with Gasteiger partial charge in [-0.25, -0.2) is 13.1 Å². The van der Waals surface area contributed by atoms with Gasteiger partial charge in [0.25, 0.3) is 0 Å². The highest BCUT2D eigenvalue weighted by Crippen LogP contribution is 2.23. The normalized spacial score (nSPS) is 15.5. The van der Waals surface area contributed by atoms with Crippen LogP contribution in [-0.2, 0) is 10.0 Å². The number of rotatable bonds is 5. The van der Waals surface area contributed by atoms with E-state index in [4.69, 9.17) is 4.74 Å². The molecule has 0 amide bonds. The fourth-order valence-electron chi connectivity index (χ4n) is 3.05. The zero-order valence-electron chi connectivity index (χ0n) is 14.1. The molecule has 0 radical (unpaired) electrons. The molecule has 0 saturated heterocycles. The predicted molar refractivity (Wildman–Crippen MR) is 98.8 cm³/mol. The minimum absolute atomic E-state index is 0.121. The molecule has 132 valence electrons. The van der Waals surface area contributed by atoms with Crippen molar-refractivity contribution in [3.8, 4) is 17.6 Å². The quantitative estimate of drug-likeness (QED) is 0.835. The van der Waals surface area contributed by atoms with Gasteiger partial charge in [0.2, 0.25) is 10.0 Å². The van der Waals surface area contributed by atoms with Crippen LogP contribution in [0, 0.1) is 11.8 Å². The lowest BCUT2D eigenvalue weighted by molar-refractivity contribution is 0.374. The van der Waals surface area contributed by atoms with Crippen LogP contribution in [0.3, 0.4) is 0 Å². The first kappa shape index (κ1) is 17.7. The number of pyridine rings is 1. The molecular weight excluding hydrogens is 336 g/mol. The third-order valence-corrected chi connectivity index (χ3v) is 6.27. The molecule has 1 heterocycles. The summed E-state index contributed by atoms with van der Waals surface area (Å²) in [5.41, 5.74) is 0.796. The number of fused-ring (bicyclic) bond motifs is 1. The van der Waals surface area contributed by atoms with E-state index in [2.05, 4.69) is 21.5 Å². The number of nitrogens with zero attached hydrogens (tertiary/aromatic N) is 1. The van der Waals surface area contributed by atoms with E-state index in [-0.39, 0.29) is 18.4 Å². The van der Waals surface area contributed by atoms with Crippen molar-refractivity contribution in [3.05, 3.63) is 36.5 Å². The standard InChI is InChI=1S/C19H22N2O3S/c22-25(23,17-10-2-1-3-11-17)21-14-4-5-15-24-18-12-6-8-16-9-7-13-20-19(16)18/h6-9,12-13,17,21H,1-3,10-11,14-15H2. The Kier molecular flexibility index (Phi) is 5.90. The molecule has 1 aliphatic rings. The maximum Gasteiger partial charge on any atom is 0.215 e. The molecule has 2 aromatic rings. The summed E-state index contributed by atoms with van der Waals surface area (Å²) in [6.07, 6.45) is 6.33. The largest absolute Gasteiger partial charge is 0.479 e. The maximum atomic E-state index is 12.2. The molecule has 3 rings (SSSR count). The van der Waals surface area contributed by atoms with Gasteiger partial charge in [0, 0.05) is 11.6 Å². The van der Waals surface area contributed by atoms with Crippen molar-refractivity contribution in [2.45, 2.75) is 37.4 Å². The molecule has 25 heavy (non-hydrogen) atoms. The summed E-state index contributed by atoms with van der Waals surface area (Å²) < 4.78 is 32.6. The number of ether oxygens (including phenoxy) is 1. The maximum absolute atomic E-state index is 12.2. The summed E-state index contributed by atoms with van der Waals surface area (Å²) in [7, 11) is -3.25. The smallest absolute Gasteiger partial charge is 0.215 e. The van der Waals surface area contributed by atoms with Gasteiger partial charge in [-0.1, -0.05) is 49.3 Å². The molecule has 0 unspecified atom stereocenters. The van der Waals surface area contributed by atoms with Gasteiger partial charge < -0.3 is 4.74 Å². The number of para-hydroxylation sites is 1. The van der Waals surface area contributed by atoms with Crippen LogP contribution >= 0.6 is 0 Å². The van der Waals surface area contributed by atoms with E-state index < -0.39 is 10.0 Å². The number of aromatic nitrogens is 1. The molecular formula is C19H22N2O3S. The van der Waals surface area contributed by atoms with Crippen LogP contribution in [-0.4, -0.2) is 31.8 Å². The van der Waals surface area contributed by atoms with Crippen molar-refractivity contribution in [2.75, 3.05) is 13.2 Å². The minimum atomic E-state index is -3.25. The third kappa shape index (κ3) is 4.71. The molecule has 1 aliphatic carbocycles. The molecule has 1 N–H and O–H groups in total. The Labute approximate surface area is 148 Å². The summed E-state index contributed by atoms with van der Waals surface area (Å²) in [6, 6.07) is 9.58. The number of benzene rings is 1. The van der Waals surface area contributed by atoms with E-state index in [0.29, 0.717) is 5.75 Å². The highest BCUT2D eigenvalue weighted by Gasteiger charge is 2.26. The fourth-order valence-corrected chi connectivity index (χ4v) is 4.51. The van der Waals surface area contributed by atoms with E-state index in [1.54, 1.807) is 6.20 Å². The van der Waals surface area contributed by atoms with Crippen LogP contribution in [0.2, 0.25) is 0 Å². The monoisotopic (exact) mass is 358 g/mol. The number of hydrogen-bond acceptors (Lipinski definition) is 4. The van der Waals surface area contributed by atoms with Crippen LogP contribution in [0.15, 0.2) is 36.5 Å². The van der Waals surface area contributed by atoms with Crippen LogP contribution in [0.4, 0.5) is 0 Å². The van der Waals surface area contributed by atoms with E-state index in [9.17, 15) is 8.42 Å². The second kappa shape index (κ2) is 8.32. The first-order chi connectivity index (χ1) is 12.2. The molecule has 0 atom stereocenters. The molecule has 0 bridgehead atoms. The minimum Gasteiger partial charge on any atom is -0.479 e. The van der Waals surface area contributed by atoms with Crippen LogP contribution < -0.4 is 9.46 Å². The SMILES string of the molecule is O=S(=O)(NCC#CCOc1cccc2cccnc12)C1CCCCC1. The molecule has 6 heteroatoms. The Morgan fingerprint density at radius 2 is 1.92 bits per heavy atom. The van der Waals surface area contributed by atoms with Crippen molar-refractivity contribution in [2.24, 2.45) is 0 Å². The topological polar surface area (TPSA) is 68.3 Å². The lowest BCUT2D eigenvalue weighted by Gasteiger charge is -2.21. The molecule has 1 fully saturated rings. The highest BCUT2D eigenvalue weighted by molar-refractivity contribution is 7.90. The van der Waals surface area contributed by atoms with Gasteiger partial charge in [-0.05, 0) is 25.0 Å². The Morgan fingerprint density at radius 3 is 2.76 bits per heavy atom. The number of sulfonamides is 1. The fraction of sp³-hybridized carbons (Fsp3) is 0.421. The summed E-state index contributed by atoms with van der Waals surface area (Å²) in [6.45, 7) is 0.316. The van der Waals surface area contributed by atoms with Crippen molar-refractivity contribution in [1.29, 1.82) is 0 Å². The number of hydrogen-bond donors (Lipinski definition) is 1. The van der Waals surface area contributed by atoms with Crippen molar-refractivity contribution >= 4 is 20.9 Å². The predicted octanol–water partition coefficient (Wildman–Crippen LogP) is 2.87. The Hall–Kier alpha value is -2.10. The summed E-state index contributed by atoms with van der Waals surface area (Å²) in [4.78, 5) is 4.32. The van der Waals surface area contributed by atoms with E-state index in [0.717, 1.165) is 43.0 Å². The first-order valence-corrected chi connectivity index (χ1v) is 10.1. The van der Waals surface area contributed by atoms with Crippen LogP contribution in [0.5, 0.6) is 5.75 Å². The average molecular weight is 358 g/mol. The van der Waals surface area contributed by atoms with Gasteiger partial charge in [0.05, 0.1) is 11.8 Å². The van der Waals surface area contributed by atoms with Crippen LogP contribution in [0.1, 0.15) is 32.1 Å². The summed E-state index contributed by atoms with van der Waals surface area (Å²) >= 11 is 0. The lowest BCUT2D eigenvalue weighted by atomic mass is 10.0. The summed E-state index contributed by atoms with van der Waals surface area (Å²) in [5.74, 6) is 6.34. The van der Waals surface area contributed by atoms with E-state index in [1.165, 1.54) is 0 Å². The molecule has 0 spiro atoms. The van der Waals surface area contributed by atoms with Gasteiger partial charge in [0.15, 0.2) is 0 Å². The highest BCUT2D eigenvalue weighted by atomic mass is 32.2. The van der Waals surface area contributed by atoms with Crippen molar-refractivity contribution in [3.63, 3.8) is 0 Å². The van der Waals surface area contributed by atoms with E-state index in [1.807, 2.05) is 30.3 Å². The van der Waals surface area contributed by atoms with Gasteiger partial charge in [-0.2, -0.15) is 0 Å². The zero-order valence-corrected chi connectivity index (χ0v) is 14.9. The summed E-state index contributed by atoms with van der Waals surface area (Å²) in [5, 5.41) is 0.745. The second-order valence-electron chi connectivity index (χ2n) is 6.10. The van der Waals surface area contributed by atoms with Gasteiger partial charge in [-0.3, -0.25) is 4.98 Å². The molecule has 5 nitrogen and oxygen atoms in total.